The van der Waals surface area contributed by atoms with E-state index in [-0.39, 0.29) is 29.9 Å². The Hall–Kier alpha value is -2.13. The SMILES string of the molecule is CCNC(=NCc1ccc(COCc2ccccc2)cc1)N1CCCC(CC(N)=O)C1.I. The van der Waals surface area contributed by atoms with Gasteiger partial charge in [-0.25, -0.2) is 4.99 Å². The Morgan fingerprint density at radius 3 is 2.41 bits per heavy atom. The Labute approximate surface area is 208 Å². The second kappa shape index (κ2) is 14.1. The van der Waals surface area contributed by atoms with Gasteiger partial charge in [-0.2, -0.15) is 0 Å². The number of nitrogens with two attached hydrogens (primary N) is 1. The molecule has 174 valence electrons. The van der Waals surface area contributed by atoms with Crippen LogP contribution in [0.1, 0.15) is 42.9 Å². The summed E-state index contributed by atoms with van der Waals surface area (Å²) in [7, 11) is 0. The highest BCUT2D eigenvalue weighted by Crippen LogP contribution is 2.19. The van der Waals surface area contributed by atoms with Crippen molar-refractivity contribution in [1.82, 2.24) is 10.2 Å². The summed E-state index contributed by atoms with van der Waals surface area (Å²) in [6.45, 7) is 6.50. The van der Waals surface area contributed by atoms with Crippen LogP contribution in [0.2, 0.25) is 0 Å². The number of carbonyl (C=O) groups is 1. The van der Waals surface area contributed by atoms with Crippen molar-refractivity contribution in [3.8, 4) is 0 Å². The molecule has 3 N–H and O–H groups in total. The average molecular weight is 550 g/mol. The Balaban J connectivity index is 0.00000363. The summed E-state index contributed by atoms with van der Waals surface area (Å²) in [5, 5.41) is 3.39. The molecule has 1 saturated heterocycles. The molecule has 32 heavy (non-hydrogen) atoms. The zero-order valence-electron chi connectivity index (χ0n) is 18.8. The van der Waals surface area contributed by atoms with Crippen LogP contribution in [0.5, 0.6) is 0 Å². The predicted octanol–water partition coefficient (Wildman–Crippen LogP) is 4.07. The molecular weight excluding hydrogens is 515 g/mol. The Kier molecular flexibility index (Phi) is 11.5. The highest BCUT2D eigenvalue weighted by atomic mass is 127. The van der Waals surface area contributed by atoms with E-state index in [0.717, 1.165) is 49.6 Å². The maximum absolute atomic E-state index is 11.3. The molecule has 1 atom stereocenters. The van der Waals surface area contributed by atoms with Crippen molar-refractivity contribution in [2.24, 2.45) is 16.6 Å². The fourth-order valence-electron chi connectivity index (χ4n) is 3.90. The van der Waals surface area contributed by atoms with Crippen LogP contribution in [0.3, 0.4) is 0 Å². The van der Waals surface area contributed by atoms with Crippen molar-refractivity contribution in [3.05, 3.63) is 71.3 Å². The molecule has 6 nitrogen and oxygen atoms in total. The molecule has 1 fully saturated rings. The Morgan fingerprint density at radius 2 is 1.75 bits per heavy atom. The number of rotatable bonds is 9. The van der Waals surface area contributed by atoms with Gasteiger partial charge >= 0.3 is 0 Å². The molecule has 1 heterocycles. The van der Waals surface area contributed by atoms with E-state index < -0.39 is 0 Å². The third-order valence-electron chi connectivity index (χ3n) is 5.46. The van der Waals surface area contributed by atoms with Crippen molar-refractivity contribution in [2.75, 3.05) is 19.6 Å². The van der Waals surface area contributed by atoms with E-state index in [2.05, 4.69) is 53.5 Å². The van der Waals surface area contributed by atoms with Gasteiger partial charge in [0.2, 0.25) is 5.91 Å². The zero-order chi connectivity index (χ0) is 21.9. The number of hydrogen-bond acceptors (Lipinski definition) is 3. The lowest BCUT2D eigenvalue weighted by atomic mass is 9.95. The number of ether oxygens (including phenoxy) is 1. The lowest BCUT2D eigenvalue weighted by Crippen LogP contribution is -2.47. The second-order valence-corrected chi connectivity index (χ2v) is 8.09. The molecule has 1 aliphatic heterocycles. The number of benzene rings is 2. The number of halogens is 1. The fourth-order valence-corrected chi connectivity index (χ4v) is 3.90. The van der Waals surface area contributed by atoms with Crippen LogP contribution in [0, 0.1) is 5.92 Å². The summed E-state index contributed by atoms with van der Waals surface area (Å²) in [5.41, 5.74) is 8.89. The maximum Gasteiger partial charge on any atom is 0.217 e. The summed E-state index contributed by atoms with van der Waals surface area (Å²) >= 11 is 0. The van der Waals surface area contributed by atoms with Crippen molar-refractivity contribution in [2.45, 2.75) is 45.9 Å². The summed E-state index contributed by atoms with van der Waals surface area (Å²) in [4.78, 5) is 18.4. The highest BCUT2D eigenvalue weighted by molar-refractivity contribution is 14.0. The summed E-state index contributed by atoms with van der Waals surface area (Å²) in [6.07, 6.45) is 2.55. The quantitative estimate of drug-likeness (QED) is 0.280. The maximum atomic E-state index is 11.3. The van der Waals surface area contributed by atoms with Gasteiger partial charge in [0.25, 0.3) is 0 Å². The van der Waals surface area contributed by atoms with Crippen LogP contribution in [-0.4, -0.2) is 36.4 Å². The Morgan fingerprint density at radius 1 is 1.09 bits per heavy atom. The highest BCUT2D eigenvalue weighted by Gasteiger charge is 2.23. The standard InChI is InChI=1S/C25H34N4O2.HI/c1-2-27-25(29-14-6-9-23(17-29)15-24(26)30)28-16-20-10-12-22(13-11-20)19-31-18-21-7-4-3-5-8-21;/h3-5,7-8,10-13,23H,2,6,9,14-19H2,1H3,(H2,26,30)(H,27,28);1H. The molecule has 1 amide bonds. The van der Waals surface area contributed by atoms with Crippen LogP contribution < -0.4 is 11.1 Å². The van der Waals surface area contributed by atoms with Crippen LogP contribution in [0.4, 0.5) is 0 Å². The molecule has 0 bridgehead atoms. The van der Waals surface area contributed by atoms with Gasteiger partial charge in [-0.15, -0.1) is 24.0 Å². The topological polar surface area (TPSA) is 80.0 Å². The largest absolute Gasteiger partial charge is 0.372 e. The molecule has 1 unspecified atom stereocenters. The smallest absolute Gasteiger partial charge is 0.217 e. The van der Waals surface area contributed by atoms with Crippen molar-refractivity contribution >= 4 is 35.8 Å². The van der Waals surface area contributed by atoms with Crippen LogP contribution in [0.25, 0.3) is 0 Å². The van der Waals surface area contributed by atoms with E-state index >= 15 is 0 Å². The van der Waals surface area contributed by atoms with Crippen LogP contribution in [0.15, 0.2) is 59.6 Å². The van der Waals surface area contributed by atoms with Gasteiger partial charge in [-0.1, -0.05) is 54.6 Å². The molecule has 0 radical (unpaired) electrons. The molecule has 7 heteroatoms. The summed E-state index contributed by atoms with van der Waals surface area (Å²) in [6, 6.07) is 18.6. The number of nitrogens with zero attached hydrogens (tertiary/aromatic N) is 2. The Bertz CT molecular complexity index is 843. The number of amides is 1. The van der Waals surface area contributed by atoms with E-state index in [0.29, 0.717) is 32.1 Å². The minimum absolute atomic E-state index is 0. The first-order valence-corrected chi connectivity index (χ1v) is 11.1. The first-order chi connectivity index (χ1) is 15.1. The lowest BCUT2D eigenvalue weighted by molar-refractivity contribution is -0.119. The molecule has 1 aliphatic rings. The van der Waals surface area contributed by atoms with Gasteiger partial charge < -0.3 is 20.7 Å². The number of aliphatic imine (C=N–C) groups is 1. The number of nitrogens with one attached hydrogen (secondary N) is 1. The number of primary amides is 1. The molecule has 0 saturated carbocycles. The van der Waals surface area contributed by atoms with Crippen LogP contribution in [-0.2, 0) is 29.3 Å². The summed E-state index contributed by atoms with van der Waals surface area (Å²) in [5.74, 6) is 0.999. The first kappa shape index (κ1) is 26.1. The normalized spacial score (nSPS) is 16.3. The number of likely N-dealkylation sites (tertiary alicyclic amines) is 1. The molecule has 0 aromatic heterocycles. The average Bonchev–Trinajstić information content (AvgIpc) is 2.78. The number of guanidine groups is 1. The van der Waals surface area contributed by atoms with Gasteiger partial charge in [0, 0.05) is 26.1 Å². The minimum Gasteiger partial charge on any atom is -0.372 e. The number of carbonyl (C=O) groups excluding carboxylic acids is 1. The van der Waals surface area contributed by atoms with Crippen molar-refractivity contribution in [3.63, 3.8) is 0 Å². The van der Waals surface area contributed by atoms with Gasteiger partial charge in [0.05, 0.1) is 19.8 Å². The van der Waals surface area contributed by atoms with E-state index in [1.807, 2.05) is 18.2 Å². The third kappa shape index (κ3) is 8.78. The van der Waals surface area contributed by atoms with Crippen molar-refractivity contribution < 1.29 is 9.53 Å². The molecule has 2 aromatic carbocycles. The van der Waals surface area contributed by atoms with E-state index in [9.17, 15) is 4.79 Å². The monoisotopic (exact) mass is 550 g/mol. The van der Waals surface area contributed by atoms with E-state index in [1.54, 1.807) is 0 Å². The van der Waals surface area contributed by atoms with Crippen molar-refractivity contribution in [1.29, 1.82) is 0 Å². The molecule has 2 aromatic rings. The van der Waals surface area contributed by atoms with E-state index in [4.69, 9.17) is 15.5 Å². The minimum atomic E-state index is -0.221. The van der Waals surface area contributed by atoms with Gasteiger partial charge in [-0.3, -0.25) is 4.79 Å². The first-order valence-electron chi connectivity index (χ1n) is 11.1. The molecule has 3 rings (SSSR count). The fraction of sp³-hybridized carbons (Fsp3) is 0.440. The van der Waals surface area contributed by atoms with Gasteiger partial charge in [0.15, 0.2) is 5.96 Å². The molecule has 0 aliphatic carbocycles. The molecular formula is C25H35IN4O2. The zero-order valence-corrected chi connectivity index (χ0v) is 21.2. The molecule has 0 spiro atoms. The third-order valence-corrected chi connectivity index (χ3v) is 5.46. The van der Waals surface area contributed by atoms with Crippen LogP contribution >= 0.6 is 24.0 Å². The van der Waals surface area contributed by atoms with Gasteiger partial charge in [0.1, 0.15) is 0 Å². The van der Waals surface area contributed by atoms with Gasteiger partial charge in [-0.05, 0) is 42.4 Å². The lowest BCUT2D eigenvalue weighted by Gasteiger charge is -2.34. The van der Waals surface area contributed by atoms with E-state index in [1.165, 1.54) is 5.56 Å². The summed E-state index contributed by atoms with van der Waals surface area (Å²) < 4.78 is 5.82. The number of hydrogen-bond donors (Lipinski definition) is 2. The number of piperidine rings is 1. The predicted molar refractivity (Wildman–Crippen MR) is 140 cm³/mol. The second-order valence-electron chi connectivity index (χ2n) is 8.09.